The van der Waals surface area contributed by atoms with Crippen molar-refractivity contribution in [2.24, 2.45) is 0 Å². The van der Waals surface area contributed by atoms with Gasteiger partial charge in [-0.2, -0.15) is 0 Å². The van der Waals surface area contributed by atoms with Crippen molar-refractivity contribution in [2.45, 2.75) is 5.60 Å². The molecule has 0 aromatic heterocycles. The van der Waals surface area contributed by atoms with Gasteiger partial charge in [-0.05, 0) is 30.3 Å². The average Bonchev–Trinajstić information content (AvgIpc) is 2.82. The summed E-state index contributed by atoms with van der Waals surface area (Å²) in [6, 6.07) is 17.8. The third-order valence-corrected chi connectivity index (χ3v) is 5.09. The zero-order chi connectivity index (χ0) is 21.7. The lowest BCUT2D eigenvalue weighted by atomic mass is 9.78. The molecule has 0 unspecified atom stereocenters. The van der Waals surface area contributed by atoms with Crippen LogP contribution in [0.3, 0.4) is 0 Å². The molecule has 0 heterocycles. The lowest BCUT2D eigenvalue weighted by molar-refractivity contribution is 0.115. The van der Waals surface area contributed by atoms with Crippen LogP contribution in [0.2, 0.25) is 0 Å². The van der Waals surface area contributed by atoms with Crippen LogP contribution < -0.4 is 23.7 Å². The molecular formula is C24H26O6. The number of ether oxygens (including phenoxy) is 5. The Morgan fingerprint density at radius 2 is 0.967 bits per heavy atom. The lowest BCUT2D eigenvalue weighted by Crippen LogP contribution is -2.30. The fraction of sp³-hybridized carbons (Fsp3) is 0.250. The van der Waals surface area contributed by atoms with E-state index >= 15 is 0 Å². The molecule has 0 atom stereocenters. The number of hydrogen-bond acceptors (Lipinski definition) is 6. The van der Waals surface area contributed by atoms with Gasteiger partial charge < -0.3 is 28.8 Å². The number of aliphatic hydroxyl groups is 1. The molecule has 0 aliphatic carbocycles. The molecule has 0 saturated heterocycles. The normalized spacial score (nSPS) is 11.0. The highest BCUT2D eigenvalue weighted by Gasteiger charge is 2.41. The first-order valence-corrected chi connectivity index (χ1v) is 9.34. The van der Waals surface area contributed by atoms with E-state index in [9.17, 15) is 5.11 Å². The first-order chi connectivity index (χ1) is 14.5. The maximum Gasteiger partial charge on any atom is 0.151 e. The van der Waals surface area contributed by atoms with E-state index in [1.807, 2.05) is 18.2 Å². The molecule has 6 heteroatoms. The van der Waals surface area contributed by atoms with Crippen LogP contribution >= 0.6 is 0 Å². The minimum atomic E-state index is -1.65. The van der Waals surface area contributed by atoms with E-state index in [2.05, 4.69) is 0 Å². The predicted molar refractivity (Wildman–Crippen MR) is 114 cm³/mol. The topological polar surface area (TPSA) is 66.4 Å². The molecular weight excluding hydrogens is 384 g/mol. The van der Waals surface area contributed by atoms with Gasteiger partial charge in [-0.15, -0.1) is 0 Å². The van der Waals surface area contributed by atoms with Crippen molar-refractivity contribution in [1.29, 1.82) is 0 Å². The molecule has 30 heavy (non-hydrogen) atoms. The van der Waals surface area contributed by atoms with Crippen LogP contribution in [0.5, 0.6) is 28.7 Å². The smallest absolute Gasteiger partial charge is 0.151 e. The number of hydrogen-bond donors (Lipinski definition) is 1. The fourth-order valence-corrected chi connectivity index (χ4v) is 3.57. The SMILES string of the molecule is COc1ccc(C(O)(c2ccccc2OC)c2ccc(OC)cc2OC)c(OC)c1. The molecule has 0 aliphatic heterocycles. The molecule has 0 fully saturated rings. The third-order valence-electron chi connectivity index (χ3n) is 5.09. The number of methoxy groups -OCH3 is 5. The molecule has 0 radical (unpaired) electrons. The Kier molecular flexibility index (Phi) is 6.37. The first-order valence-electron chi connectivity index (χ1n) is 9.34. The van der Waals surface area contributed by atoms with Crippen molar-refractivity contribution in [3.05, 3.63) is 77.4 Å². The van der Waals surface area contributed by atoms with E-state index in [1.54, 1.807) is 78.0 Å². The summed E-state index contributed by atoms with van der Waals surface area (Å²) in [4.78, 5) is 0. The van der Waals surface area contributed by atoms with Crippen molar-refractivity contribution >= 4 is 0 Å². The Balaban J connectivity index is 2.40. The molecule has 1 N–H and O–H groups in total. The summed E-state index contributed by atoms with van der Waals surface area (Å²) in [5.41, 5.74) is -0.0843. The van der Waals surface area contributed by atoms with E-state index in [0.717, 1.165) is 0 Å². The summed E-state index contributed by atoms with van der Waals surface area (Å²) in [5.74, 6) is 2.66. The van der Waals surface area contributed by atoms with Gasteiger partial charge in [-0.1, -0.05) is 18.2 Å². The molecule has 0 aliphatic rings. The number of para-hydroxylation sites is 1. The van der Waals surface area contributed by atoms with Gasteiger partial charge in [0.05, 0.1) is 35.5 Å². The van der Waals surface area contributed by atoms with E-state index < -0.39 is 5.60 Å². The summed E-state index contributed by atoms with van der Waals surface area (Å²) in [5, 5.41) is 12.4. The van der Waals surface area contributed by atoms with Crippen molar-refractivity contribution in [2.75, 3.05) is 35.5 Å². The molecule has 6 nitrogen and oxygen atoms in total. The molecule has 0 amide bonds. The zero-order valence-corrected chi connectivity index (χ0v) is 17.8. The second-order valence-electron chi connectivity index (χ2n) is 6.54. The Morgan fingerprint density at radius 1 is 0.533 bits per heavy atom. The van der Waals surface area contributed by atoms with E-state index in [1.165, 1.54) is 0 Å². The lowest BCUT2D eigenvalue weighted by Gasteiger charge is -2.33. The minimum Gasteiger partial charge on any atom is -0.497 e. The highest BCUT2D eigenvalue weighted by atomic mass is 16.5. The fourth-order valence-electron chi connectivity index (χ4n) is 3.57. The van der Waals surface area contributed by atoms with Gasteiger partial charge in [-0.3, -0.25) is 0 Å². The quantitative estimate of drug-likeness (QED) is 0.566. The molecule has 158 valence electrons. The molecule has 3 aromatic rings. The second-order valence-corrected chi connectivity index (χ2v) is 6.54. The van der Waals surface area contributed by atoms with E-state index in [-0.39, 0.29) is 0 Å². The number of benzene rings is 3. The highest BCUT2D eigenvalue weighted by Crippen LogP contribution is 2.48. The van der Waals surface area contributed by atoms with Crippen LogP contribution in [-0.2, 0) is 5.60 Å². The maximum atomic E-state index is 12.4. The summed E-state index contributed by atoms with van der Waals surface area (Å²) >= 11 is 0. The second kappa shape index (κ2) is 8.97. The average molecular weight is 410 g/mol. The van der Waals surface area contributed by atoms with Crippen LogP contribution in [0.4, 0.5) is 0 Å². The molecule has 0 bridgehead atoms. The summed E-state index contributed by atoms with van der Waals surface area (Å²) in [6.07, 6.45) is 0. The van der Waals surface area contributed by atoms with Gasteiger partial charge in [-0.25, -0.2) is 0 Å². The van der Waals surface area contributed by atoms with Crippen LogP contribution in [0.25, 0.3) is 0 Å². The van der Waals surface area contributed by atoms with E-state index in [4.69, 9.17) is 23.7 Å². The van der Waals surface area contributed by atoms with Gasteiger partial charge in [0.15, 0.2) is 5.60 Å². The molecule has 3 aromatic carbocycles. The van der Waals surface area contributed by atoms with Crippen LogP contribution in [-0.4, -0.2) is 40.7 Å². The first kappa shape index (κ1) is 21.3. The third kappa shape index (κ3) is 3.62. The van der Waals surface area contributed by atoms with E-state index in [0.29, 0.717) is 45.4 Å². The van der Waals surface area contributed by atoms with Crippen LogP contribution in [0.1, 0.15) is 16.7 Å². The summed E-state index contributed by atoms with van der Waals surface area (Å²) in [7, 11) is 7.81. The standard InChI is InChI=1S/C24H26O6/c1-26-16-10-12-19(22(14-16)29-4)24(25,18-8-6-7-9-21(18)28-3)20-13-11-17(27-2)15-23(20)30-5/h6-15,25H,1-5H3. The van der Waals surface area contributed by atoms with Crippen LogP contribution in [0.15, 0.2) is 60.7 Å². The summed E-state index contributed by atoms with van der Waals surface area (Å²) in [6.45, 7) is 0. The van der Waals surface area contributed by atoms with Crippen molar-refractivity contribution in [3.63, 3.8) is 0 Å². The largest absolute Gasteiger partial charge is 0.497 e. The molecule has 0 spiro atoms. The van der Waals surface area contributed by atoms with Gasteiger partial charge in [0, 0.05) is 28.8 Å². The monoisotopic (exact) mass is 410 g/mol. The van der Waals surface area contributed by atoms with Crippen LogP contribution in [0, 0.1) is 0 Å². The zero-order valence-electron chi connectivity index (χ0n) is 17.8. The van der Waals surface area contributed by atoms with Crippen molar-refractivity contribution < 1.29 is 28.8 Å². The van der Waals surface area contributed by atoms with Crippen molar-refractivity contribution in [1.82, 2.24) is 0 Å². The molecule has 3 rings (SSSR count). The Labute approximate surface area is 176 Å². The maximum absolute atomic E-state index is 12.4. The van der Waals surface area contributed by atoms with Gasteiger partial charge in [0.2, 0.25) is 0 Å². The summed E-state index contributed by atoms with van der Waals surface area (Å²) < 4.78 is 27.5. The van der Waals surface area contributed by atoms with Gasteiger partial charge >= 0.3 is 0 Å². The van der Waals surface area contributed by atoms with Crippen molar-refractivity contribution in [3.8, 4) is 28.7 Å². The van der Waals surface area contributed by atoms with Gasteiger partial charge in [0.1, 0.15) is 28.7 Å². The Morgan fingerprint density at radius 3 is 1.40 bits per heavy atom. The predicted octanol–water partition coefficient (Wildman–Crippen LogP) is 4.01. The number of rotatable bonds is 8. The van der Waals surface area contributed by atoms with Gasteiger partial charge in [0.25, 0.3) is 0 Å². The Hall–Kier alpha value is -3.38. The molecule has 0 saturated carbocycles. The highest BCUT2D eigenvalue weighted by molar-refractivity contribution is 5.61. The Bertz CT molecular complexity index is 959. The minimum absolute atomic E-state index is 0.459.